The summed E-state index contributed by atoms with van der Waals surface area (Å²) in [5.41, 5.74) is 1.59. The van der Waals surface area contributed by atoms with Crippen molar-refractivity contribution in [3.05, 3.63) is 29.7 Å². The molecule has 0 amide bonds. The Morgan fingerprint density at radius 2 is 1.62 bits per heavy atom. The molecule has 0 nitrogen and oxygen atoms in total. The van der Waals surface area contributed by atoms with E-state index in [1.807, 2.05) is 0 Å². The molecule has 0 bridgehead atoms. The van der Waals surface area contributed by atoms with Gasteiger partial charge in [0, 0.05) is 5.92 Å². The fourth-order valence-corrected chi connectivity index (χ4v) is 1.72. The van der Waals surface area contributed by atoms with E-state index in [4.69, 9.17) is 17.0 Å². The third-order valence-electron chi connectivity index (χ3n) is 2.61. The molecule has 0 aromatic heterocycles. The summed E-state index contributed by atoms with van der Waals surface area (Å²) in [6.45, 7) is 4.52. The Balaban J connectivity index is 0.000000673. The van der Waals surface area contributed by atoms with Crippen LogP contribution in [0.15, 0.2) is 23.8 Å². The van der Waals surface area contributed by atoms with Crippen LogP contribution in [0.1, 0.15) is 52.4 Å². The molecule has 0 aromatic carbocycles. The van der Waals surface area contributed by atoms with Crippen LogP contribution in [0.4, 0.5) is 0 Å². The van der Waals surface area contributed by atoms with Crippen LogP contribution in [0.5, 0.6) is 0 Å². The Morgan fingerprint density at radius 1 is 1.06 bits per heavy atom. The van der Waals surface area contributed by atoms with Crippen molar-refractivity contribution in [2.45, 2.75) is 52.4 Å². The van der Waals surface area contributed by atoms with E-state index in [9.17, 15) is 0 Å². The Kier molecular flexibility index (Phi) is 13.1. The van der Waals surface area contributed by atoms with Crippen molar-refractivity contribution < 1.29 is 20.8 Å². The molecule has 0 saturated heterocycles. The first-order valence-corrected chi connectivity index (χ1v) is 12.3. The van der Waals surface area contributed by atoms with Gasteiger partial charge in [0.15, 0.2) is 0 Å². The van der Waals surface area contributed by atoms with Crippen LogP contribution < -0.4 is 0 Å². The van der Waals surface area contributed by atoms with Gasteiger partial charge in [-0.3, -0.25) is 0 Å². The van der Waals surface area contributed by atoms with Gasteiger partial charge in [-0.05, 0) is 19.3 Å². The summed E-state index contributed by atoms with van der Waals surface area (Å²) in [5.74, 6) is 1.59. The van der Waals surface area contributed by atoms with Gasteiger partial charge in [-0.25, -0.2) is 0 Å². The molecule has 0 fully saturated rings. The number of hydrogen-bond acceptors (Lipinski definition) is 0. The van der Waals surface area contributed by atoms with E-state index in [2.05, 4.69) is 32.1 Å². The monoisotopic (exact) mass is 337 g/mol. The molecule has 0 aromatic rings. The molecule has 1 aliphatic rings. The number of halogens is 2. The minimum atomic E-state index is -0.826. The van der Waals surface area contributed by atoms with Gasteiger partial charge in [0.1, 0.15) is 0 Å². The average Bonchev–Trinajstić information content (AvgIpc) is 2.72. The van der Waals surface area contributed by atoms with Crippen molar-refractivity contribution in [2.24, 2.45) is 0 Å². The molecule has 1 rings (SSSR count). The van der Waals surface area contributed by atoms with Crippen molar-refractivity contribution in [1.29, 1.82) is 0 Å². The summed E-state index contributed by atoms with van der Waals surface area (Å²) in [7, 11) is 9.87. The van der Waals surface area contributed by atoms with E-state index in [1.165, 1.54) is 38.5 Å². The van der Waals surface area contributed by atoms with Gasteiger partial charge in [-0.15, -0.1) is 0 Å². The molecular weight excluding hydrogens is 318 g/mol. The fraction of sp³-hybridized carbons (Fsp3) is 0.615. The first-order valence-electron chi connectivity index (χ1n) is 5.99. The number of unbranched alkanes of at least 4 members (excludes halogenated alkanes) is 2. The number of rotatable bonds is 6. The third kappa shape index (κ3) is 8.10. The van der Waals surface area contributed by atoms with Gasteiger partial charge in [-0.1, -0.05) is 56.9 Å². The van der Waals surface area contributed by atoms with Crippen molar-refractivity contribution in [3.63, 3.8) is 0 Å². The summed E-state index contributed by atoms with van der Waals surface area (Å²) in [6.07, 6.45) is 14.6. The first-order chi connectivity index (χ1) is 7.79. The molecule has 1 aliphatic carbocycles. The second-order valence-electron chi connectivity index (χ2n) is 3.85. The topological polar surface area (TPSA) is 0 Å². The van der Waals surface area contributed by atoms with E-state index in [1.54, 1.807) is 11.5 Å². The molecular formula is C13H21Cl2Zr. The van der Waals surface area contributed by atoms with Crippen LogP contribution in [0.2, 0.25) is 0 Å². The molecule has 0 unspecified atom stereocenters. The molecule has 16 heavy (non-hydrogen) atoms. The van der Waals surface area contributed by atoms with E-state index in [0.717, 1.165) is 0 Å². The predicted molar refractivity (Wildman–Crippen MR) is 71.2 cm³/mol. The maximum atomic E-state index is 4.93. The number of allylic oxidation sites excluding steroid dienone is 4. The van der Waals surface area contributed by atoms with E-state index in [0.29, 0.717) is 0 Å². The normalized spacial score (nSPS) is 14.4. The summed E-state index contributed by atoms with van der Waals surface area (Å²) in [5, 5.41) is 0. The molecule has 3 heteroatoms. The Bertz CT molecular complexity index is 212. The summed E-state index contributed by atoms with van der Waals surface area (Å²) in [6, 6.07) is 0. The minimum absolute atomic E-state index is 0.826. The van der Waals surface area contributed by atoms with Crippen LogP contribution in [-0.2, 0) is 20.8 Å². The predicted octanol–water partition coefficient (Wildman–Crippen LogP) is 5.81. The zero-order valence-corrected chi connectivity index (χ0v) is 14.2. The standard InChI is InChI=1S/C13H21.2ClH.Zr/c1-3-5-8-12-10-7-11-13(12)9-6-4-2;;;/h7,10-11H,3-6,8-9H2,1-2H3;2*1H;/q;;;+2/p-2. The van der Waals surface area contributed by atoms with Gasteiger partial charge in [-0.2, -0.15) is 0 Å². The summed E-state index contributed by atoms with van der Waals surface area (Å²) >= 11 is -0.826. The van der Waals surface area contributed by atoms with Gasteiger partial charge in [0.25, 0.3) is 0 Å². The first kappa shape index (κ1) is 16.9. The Hall–Kier alpha value is 0.943. The van der Waals surface area contributed by atoms with E-state index < -0.39 is 20.8 Å². The van der Waals surface area contributed by atoms with Crippen molar-refractivity contribution in [3.8, 4) is 0 Å². The molecule has 1 radical (unpaired) electrons. The van der Waals surface area contributed by atoms with Gasteiger partial charge in [0.2, 0.25) is 0 Å². The van der Waals surface area contributed by atoms with Crippen LogP contribution in [0.3, 0.4) is 0 Å². The molecule has 0 atom stereocenters. The van der Waals surface area contributed by atoms with Gasteiger partial charge in [0.05, 0.1) is 0 Å². The van der Waals surface area contributed by atoms with E-state index in [-0.39, 0.29) is 0 Å². The van der Waals surface area contributed by atoms with Crippen molar-refractivity contribution >= 4 is 17.0 Å². The average molecular weight is 339 g/mol. The molecule has 0 N–H and O–H groups in total. The quantitative estimate of drug-likeness (QED) is 0.572. The molecule has 0 aliphatic heterocycles. The Labute approximate surface area is 119 Å². The molecule has 0 heterocycles. The summed E-state index contributed by atoms with van der Waals surface area (Å²) < 4.78 is 0. The van der Waals surface area contributed by atoms with Crippen LogP contribution in [0, 0.1) is 5.92 Å². The van der Waals surface area contributed by atoms with Crippen LogP contribution in [-0.4, -0.2) is 0 Å². The molecule has 0 spiro atoms. The van der Waals surface area contributed by atoms with Crippen molar-refractivity contribution in [1.82, 2.24) is 0 Å². The van der Waals surface area contributed by atoms with Crippen LogP contribution in [0.25, 0.3) is 0 Å². The fourth-order valence-electron chi connectivity index (χ4n) is 1.72. The maximum absolute atomic E-state index is 4.93. The zero-order chi connectivity index (χ0) is 12.2. The number of hydrogen-bond donors (Lipinski definition) is 0. The zero-order valence-electron chi connectivity index (χ0n) is 10.2. The van der Waals surface area contributed by atoms with Gasteiger partial charge < -0.3 is 0 Å². The van der Waals surface area contributed by atoms with Gasteiger partial charge >= 0.3 is 37.9 Å². The van der Waals surface area contributed by atoms with E-state index >= 15 is 0 Å². The third-order valence-corrected chi connectivity index (χ3v) is 2.61. The Morgan fingerprint density at radius 3 is 2.19 bits per heavy atom. The molecule has 0 saturated carbocycles. The second kappa shape index (κ2) is 12.4. The van der Waals surface area contributed by atoms with Crippen molar-refractivity contribution in [2.75, 3.05) is 0 Å². The van der Waals surface area contributed by atoms with Crippen LogP contribution >= 0.6 is 17.0 Å². The second-order valence-corrected chi connectivity index (χ2v) is 7.59. The summed E-state index contributed by atoms with van der Waals surface area (Å²) in [4.78, 5) is 0. The SMILES string of the molecule is CCCC[C]1C=CC=C1CCCC.[Cl][Zr][Cl]. The molecule has 91 valence electrons.